The number of aryl methyl sites for hydroxylation is 1. The van der Waals surface area contributed by atoms with Gasteiger partial charge in [-0.2, -0.15) is 0 Å². The quantitative estimate of drug-likeness (QED) is 0.631. The first kappa shape index (κ1) is 15.9. The number of hydrogen-bond acceptors (Lipinski definition) is 5. The molecule has 1 unspecified atom stereocenters. The highest BCUT2D eigenvalue weighted by molar-refractivity contribution is 7.55. The molecule has 0 N–H and O–H groups in total. The van der Waals surface area contributed by atoms with E-state index in [0.717, 1.165) is 9.75 Å². The van der Waals surface area contributed by atoms with Crippen LogP contribution in [0, 0.1) is 6.92 Å². The van der Waals surface area contributed by atoms with Crippen LogP contribution in [0.5, 0.6) is 0 Å². The second-order valence-electron chi connectivity index (χ2n) is 4.24. The molecule has 2 rings (SSSR count). The predicted octanol–water partition coefficient (Wildman–Crippen LogP) is 5.47. The van der Waals surface area contributed by atoms with Crippen molar-refractivity contribution in [3.8, 4) is 0 Å². The van der Waals surface area contributed by atoms with Crippen LogP contribution < -0.4 is 0 Å². The lowest BCUT2D eigenvalue weighted by Crippen LogP contribution is -2.06. The summed E-state index contributed by atoms with van der Waals surface area (Å²) < 4.78 is 24.3. The van der Waals surface area contributed by atoms with Crippen LogP contribution in [0.4, 0.5) is 0 Å². The lowest BCUT2D eigenvalue weighted by molar-refractivity contribution is 0.215. The molecule has 0 aliphatic rings. The van der Waals surface area contributed by atoms with E-state index in [4.69, 9.17) is 9.05 Å². The molecule has 0 aromatic carbocycles. The highest BCUT2D eigenvalue weighted by Crippen LogP contribution is 2.65. The zero-order valence-electron chi connectivity index (χ0n) is 11.9. The van der Waals surface area contributed by atoms with Crippen LogP contribution in [0.25, 0.3) is 0 Å². The standard InChI is InChI=1S/C14H19O3PS2/c1-4-16-18(15,17-5-2)14(12-7-6-10-19-12)13-9-8-11(3)20-13/h6-10,14H,4-5H2,1-3H3. The first-order valence-corrected chi connectivity index (χ1v) is 9.90. The minimum absolute atomic E-state index is 0.318. The van der Waals surface area contributed by atoms with Gasteiger partial charge in [-0.1, -0.05) is 6.07 Å². The van der Waals surface area contributed by atoms with Gasteiger partial charge in [-0.15, -0.1) is 22.7 Å². The van der Waals surface area contributed by atoms with Crippen molar-refractivity contribution in [1.29, 1.82) is 0 Å². The van der Waals surface area contributed by atoms with Crippen LogP contribution in [0.3, 0.4) is 0 Å². The molecular weight excluding hydrogens is 311 g/mol. The summed E-state index contributed by atoms with van der Waals surface area (Å²) in [6.07, 6.45) is 0. The maximum absolute atomic E-state index is 13.2. The summed E-state index contributed by atoms with van der Waals surface area (Å²) in [6.45, 7) is 6.49. The van der Waals surface area contributed by atoms with Gasteiger partial charge in [-0.05, 0) is 44.4 Å². The van der Waals surface area contributed by atoms with Gasteiger partial charge < -0.3 is 9.05 Å². The minimum Gasteiger partial charge on any atom is -0.308 e. The second-order valence-corrected chi connectivity index (χ2v) is 8.65. The Morgan fingerprint density at radius 3 is 2.30 bits per heavy atom. The normalized spacial score (nSPS) is 13.6. The van der Waals surface area contributed by atoms with Crippen LogP contribution in [-0.2, 0) is 13.6 Å². The average Bonchev–Trinajstić information content (AvgIpc) is 3.03. The number of rotatable bonds is 7. The molecule has 3 nitrogen and oxygen atoms in total. The number of thiophene rings is 2. The van der Waals surface area contributed by atoms with E-state index in [1.807, 2.05) is 50.4 Å². The molecule has 0 aliphatic heterocycles. The Morgan fingerprint density at radius 2 is 1.85 bits per heavy atom. The van der Waals surface area contributed by atoms with Crippen molar-refractivity contribution in [2.75, 3.05) is 13.2 Å². The molecule has 0 aliphatic carbocycles. The van der Waals surface area contributed by atoms with Crippen molar-refractivity contribution in [3.05, 3.63) is 44.3 Å². The van der Waals surface area contributed by atoms with Gasteiger partial charge in [0, 0.05) is 14.6 Å². The van der Waals surface area contributed by atoms with Crippen molar-refractivity contribution in [2.45, 2.75) is 26.4 Å². The van der Waals surface area contributed by atoms with E-state index in [0.29, 0.717) is 13.2 Å². The minimum atomic E-state index is -3.21. The Bertz CT molecular complexity index is 567. The molecule has 110 valence electrons. The Balaban J connectivity index is 2.48. The summed E-state index contributed by atoms with van der Waals surface area (Å²) in [7, 11) is -3.21. The maximum Gasteiger partial charge on any atom is 0.344 e. The van der Waals surface area contributed by atoms with Crippen LogP contribution in [-0.4, -0.2) is 13.2 Å². The SMILES string of the molecule is CCOP(=O)(OCC)C(c1cccs1)c1ccc(C)s1. The van der Waals surface area contributed by atoms with Crippen LogP contribution in [0.15, 0.2) is 29.6 Å². The average molecular weight is 330 g/mol. The molecule has 0 saturated carbocycles. The topological polar surface area (TPSA) is 35.5 Å². The molecule has 0 amide bonds. The van der Waals surface area contributed by atoms with Crippen molar-refractivity contribution in [2.24, 2.45) is 0 Å². The van der Waals surface area contributed by atoms with E-state index in [2.05, 4.69) is 0 Å². The third-order valence-corrected chi connectivity index (χ3v) is 7.55. The molecule has 6 heteroatoms. The molecule has 0 spiro atoms. The zero-order valence-corrected chi connectivity index (χ0v) is 14.4. The zero-order chi connectivity index (χ0) is 14.6. The summed E-state index contributed by atoms with van der Waals surface area (Å²) in [5.74, 6) is 0. The lowest BCUT2D eigenvalue weighted by Gasteiger charge is -2.24. The Hall–Kier alpha value is -0.450. The third-order valence-electron chi connectivity index (χ3n) is 2.78. The molecule has 0 radical (unpaired) electrons. The summed E-state index contributed by atoms with van der Waals surface area (Å²) in [4.78, 5) is 3.26. The largest absolute Gasteiger partial charge is 0.344 e. The fraction of sp³-hybridized carbons (Fsp3) is 0.429. The smallest absolute Gasteiger partial charge is 0.308 e. The number of hydrogen-bond donors (Lipinski definition) is 0. The summed E-state index contributed by atoms with van der Waals surface area (Å²) in [5, 5.41) is 1.99. The molecule has 2 aromatic heterocycles. The van der Waals surface area contributed by atoms with Crippen molar-refractivity contribution >= 4 is 30.3 Å². The Kier molecular flexibility index (Phi) is 5.58. The van der Waals surface area contributed by atoms with E-state index in [-0.39, 0.29) is 5.66 Å². The van der Waals surface area contributed by atoms with E-state index in [1.165, 1.54) is 4.88 Å². The van der Waals surface area contributed by atoms with E-state index >= 15 is 0 Å². The van der Waals surface area contributed by atoms with Gasteiger partial charge in [0.15, 0.2) is 0 Å². The maximum atomic E-state index is 13.2. The van der Waals surface area contributed by atoms with Gasteiger partial charge in [-0.25, -0.2) is 0 Å². The molecule has 2 aromatic rings. The Labute approximate surface area is 128 Å². The van der Waals surface area contributed by atoms with Gasteiger partial charge >= 0.3 is 7.60 Å². The van der Waals surface area contributed by atoms with E-state index in [1.54, 1.807) is 22.7 Å². The first-order valence-electron chi connectivity index (χ1n) is 6.59. The van der Waals surface area contributed by atoms with Crippen LogP contribution >= 0.6 is 30.3 Å². The summed E-state index contributed by atoms with van der Waals surface area (Å²) >= 11 is 3.24. The fourth-order valence-corrected chi connectivity index (χ4v) is 6.73. The molecule has 0 bridgehead atoms. The van der Waals surface area contributed by atoms with Crippen LogP contribution in [0.2, 0.25) is 0 Å². The molecule has 1 atom stereocenters. The molecular formula is C14H19O3PS2. The lowest BCUT2D eigenvalue weighted by atomic mass is 10.3. The molecule has 20 heavy (non-hydrogen) atoms. The first-order chi connectivity index (χ1) is 9.60. The van der Waals surface area contributed by atoms with Gasteiger partial charge in [0.25, 0.3) is 0 Å². The fourth-order valence-electron chi connectivity index (χ4n) is 2.05. The second kappa shape index (κ2) is 7.01. The van der Waals surface area contributed by atoms with Gasteiger partial charge in [0.1, 0.15) is 5.66 Å². The molecule has 0 saturated heterocycles. The van der Waals surface area contributed by atoms with E-state index in [9.17, 15) is 4.57 Å². The predicted molar refractivity (Wildman–Crippen MR) is 86.1 cm³/mol. The van der Waals surface area contributed by atoms with Crippen LogP contribution in [0.1, 0.15) is 34.1 Å². The van der Waals surface area contributed by atoms with Gasteiger partial charge in [-0.3, -0.25) is 4.57 Å². The van der Waals surface area contributed by atoms with Crippen molar-refractivity contribution < 1.29 is 13.6 Å². The monoisotopic (exact) mass is 330 g/mol. The molecule has 0 fully saturated rings. The summed E-state index contributed by atoms with van der Waals surface area (Å²) in [5.41, 5.74) is -0.318. The van der Waals surface area contributed by atoms with Crippen molar-refractivity contribution in [1.82, 2.24) is 0 Å². The highest BCUT2D eigenvalue weighted by atomic mass is 32.1. The summed E-state index contributed by atoms with van der Waals surface area (Å²) in [6, 6.07) is 8.03. The highest BCUT2D eigenvalue weighted by Gasteiger charge is 2.39. The third kappa shape index (κ3) is 3.41. The van der Waals surface area contributed by atoms with Gasteiger partial charge in [0.2, 0.25) is 0 Å². The van der Waals surface area contributed by atoms with Crippen molar-refractivity contribution in [3.63, 3.8) is 0 Å². The van der Waals surface area contributed by atoms with E-state index < -0.39 is 7.60 Å². The molecule has 2 heterocycles. The van der Waals surface area contributed by atoms with Gasteiger partial charge in [0.05, 0.1) is 13.2 Å². The Morgan fingerprint density at radius 1 is 1.15 bits per heavy atom.